The summed E-state index contributed by atoms with van der Waals surface area (Å²) in [5.74, 6) is 1.07. The lowest BCUT2D eigenvalue weighted by Crippen LogP contribution is -2.50. The molecule has 1 saturated heterocycles. The van der Waals surface area contributed by atoms with Gasteiger partial charge in [0.25, 0.3) is 0 Å². The average Bonchev–Trinajstić information content (AvgIpc) is 2.88. The summed E-state index contributed by atoms with van der Waals surface area (Å²) in [5.41, 5.74) is 0. The van der Waals surface area contributed by atoms with Gasteiger partial charge in [-0.15, -0.1) is 0 Å². The number of rotatable bonds is 5. The summed E-state index contributed by atoms with van der Waals surface area (Å²) in [5, 5.41) is 3.37. The Morgan fingerprint density at radius 3 is 2.95 bits per heavy atom. The Balaban J connectivity index is 2.13. The van der Waals surface area contributed by atoms with Gasteiger partial charge in [0.2, 0.25) is 0 Å². The Hall–Kier alpha value is -0.910. The Kier molecular flexibility index (Phi) is 4.96. The van der Waals surface area contributed by atoms with Gasteiger partial charge in [0.15, 0.2) is 0 Å². The number of nitrogens with one attached hydrogen (secondary N) is 1. The first-order chi connectivity index (χ1) is 9.17. The van der Waals surface area contributed by atoms with E-state index in [1.165, 1.54) is 0 Å². The zero-order valence-corrected chi connectivity index (χ0v) is 12.5. The molecule has 5 nitrogen and oxygen atoms in total. The van der Waals surface area contributed by atoms with Crippen LogP contribution >= 0.6 is 0 Å². The number of ether oxygens (including phenoxy) is 1. The van der Waals surface area contributed by atoms with Crippen LogP contribution in [0.1, 0.15) is 32.6 Å². The van der Waals surface area contributed by atoms with Gasteiger partial charge in [-0.05, 0) is 27.8 Å². The summed E-state index contributed by atoms with van der Waals surface area (Å²) in [6.07, 6.45) is 4.06. The van der Waals surface area contributed by atoms with E-state index in [9.17, 15) is 0 Å². The monoisotopic (exact) mass is 266 g/mol. The average molecular weight is 266 g/mol. The van der Waals surface area contributed by atoms with Crippen molar-refractivity contribution in [2.75, 3.05) is 26.7 Å². The summed E-state index contributed by atoms with van der Waals surface area (Å²) < 4.78 is 8.16. The summed E-state index contributed by atoms with van der Waals surface area (Å²) in [7, 11) is 1.98. The molecule has 0 amide bonds. The Labute approximate surface area is 116 Å². The molecule has 0 radical (unpaired) electrons. The molecule has 1 aromatic rings. The number of hydrogen-bond donors (Lipinski definition) is 1. The molecule has 0 bridgehead atoms. The van der Waals surface area contributed by atoms with Crippen LogP contribution in [0.5, 0.6) is 0 Å². The number of hydrogen-bond acceptors (Lipinski definition) is 4. The minimum absolute atomic E-state index is 0.150. The molecule has 2 rings (SSSR count). The van der Waals surface area contributed by atoms with Crippen LogP contribution in [0.25, 0.3) is 0 Å². The lowest BCUT2D eigenvalue weighted by Gasteiger charge is -2.38. The molecule has 0 saturated carbocycles. The summed E-state index contributed by atoms with van der Waals surface area (Å²) in [6.45, 7) is 10.3. The maximum atomic E-state index is 5.98. The van der Waals surface area contributed by atoms with Gasteiger partial charge in [0, 0.05) is 38.1 Å². The summed E-state index contributed by atoms with van der Waals surface area (Å²) >= 11 is 0. The molecular formula is C14H26N4O. The number of nitrogens with zero attached hydrogens (tertiary/aromatic N) is 3. The molecular weight excluding hydrogens is 240 g/mol. The first kappa shape index (κ1) is 14.5. The second-order valence-corrected chi connectivity index (χ2v) is 5.34. The van der Waals surface area contributed by atoms with Crippen LogP contribution in [-0.4, -0.2) is 53.3 Å². The maximum Gasteiger partial charge on any atom is 0.128 e. The molecule has 19 heavy (non-hydrogen) atoms. The number of likely N-dealkylation sites (N-methyl/N-ethyl adjacent to an activating group) is 1. The predicted molar refractivity (Wildman–Crippen MR) is 76.2 cm³/mol. The van der Waals surface area contributed by atoms with Crippen molar-refractivity contribution in [1.29, 1.82) is 0 Å². The molecule has 108 valence electrons. The van der Waals surface area contributed by atoms with Gasteiger partial charge in [0.1, 0.15) is 5.82 Å². The van der Waals surface area contributed by atoms with Crippen molar-refractivity contribution in [3.63, 3.8) is 0 Å². The van der Waals surface area contributed by atoms with Gasteiger partial charge < -0.3 is 14.6 Å². The molecule has 1 N–H and O–H groups in total. The molecule has 0 aromatic carbocycles. The highest BCUT2D eigenvalue weighted by atomic mass is 16.5. The van der Waals surface area contributed by atoms with Crippen LogP contribution in [0.15, 0.2) is 12.4 Å². The minimum atomic E-state index is 0.150. The SMILES string of the molecule is CCn1ccnc1C(NC)C1CN(C(C)C)CCO1. The fourth-order valence-electron chi connectivity index (χ4n) is 2.72. The Morgan fingerprint density at radius 1 is 1.53 bits per heavy atom. The predicted octanol–water partition coefficient (Wildman–Crippen LogP) is 1.27. The lowest BCUT2D eigenvalue weighted by molar-refractivity contribution is -0.0567. The zero-order chi connectivity index (χ0) is 13.8. The van der Waals surface area contributed by atoms with E-state index < -0.39 is 0 Å². The van der Waals surface area contributed by atoms with E-state index in [0.29, 0.717) is 6.04 Å². The normalized spacial score (nSPS) is 22.9. The molecule has 1 fully saturated rings. The fourth-order valence-corrected chi connectivity index (χ4v) is 2.72. The van der Waals surface area contributed by atoms with E-state index in [0.717, 1.165) is 32.1 Å². The molecule has 2 heterocycles. The van der Waals surface area contributed by atoms with Gasteiger partial charge in [-0.1, -0.05) is 0 Å². The number of imidazole rings is 1. The van der Waals surface area contributed by atoms with Gasteiger partial charge in [-0.3, -0.25) is 4.90 Å². The van der Waals surface area contributed by atoms with Gasteiger partial charge in [-0.2, -0.15) is 0 Å². The van der Waals surface area contributed by atoms with Gasteiger partial charge in [-0.25, -0.2) is 4.98 Å². The van der Waals surface area contributed by atoms with E-state index in [4.69, 9.17) is 4.74 Å². The highest BCUT2D eigenvalue weighted by Crippen LogP contribution is 2.22. The van der Waals surface area contributed by atoms with E-state index >= 15 is 0 Å². The van der Waals surface area contributed by atoms with Crippen molar-refractivity contribution in [2.45, 2.75) is 45.5 Å². The first-order valence-electron chi connectivity index (χ1n) is 7.21. The van der Waals surface area contributed by atoms with Crippen molar-refractivity contribution in [3.8, 4) is 0 Å². The second kappa shape index (κ2) is 6.50. The van der Waals surface area contributed by atoms with Crippen molar-refractivity contribution >= 4 is 0 Å². The first-order valence-corrected chi connectivity index (χ1v) is 7.21. The van der Waals surface area contributed by atoms with Crippen molar-refractivity contribution in [3.05, 3.63) is 18.2 Å². The second-order valence-electron chi connectivity index (χ2n) is 5.34. The molecule has 5 heteroatoms. The zero-order valence-electron chi connectivity index (χ0n) is 12.5. The largest absolute Gasteiger partial charge is 0.373 e. The van der Waals surface area contributed by atoms with E-state index in [-0.39, 0.29) is 12.1 Å². The van der Waals surface area contributed by atoms with E-state index in [1.54, 1.807) is 0 Å². The quantitative estimate of drug-likeness (QED) is 0.871. The van der Waals surface area contributed by atoms with Crippen molar-refractivity contribution in [1.82, 2.24) is 19.8 Å². The number of aromatic nitrogens is 2. The van der Waals surface area contributed by atoms with Crippen LogP contribution in [0, 0.1) is 0 Å². The summed E-state index contributed by atoms with van der Waals surface area (Å²) in [6, 6.07) is 0.714. The third-order valence-electron chi connectivity index (χ3n) is 3.90. The fraction of sp³-hybridized carbons (Fsp3) is 0.786. The number of morpholine rings is 1. The molecule has 1 aliphatic rings. The molecule has 1 aliphatic heterocycles. The van der Waals surface area contributed by atoms with Crippen LogP contribution in [0.4, 0.5) is 0 Å². The molecule has 2 atom stereocenters. The van der Waals surface area contributed by atoms with Crippen LogP contribution in [0.2, 0.25) is 0 Å². The molecule has 2 unspecified atom stereocenters. The summed E-state index contributed by atoms with van der Waals surface area (Å²) in [4.78, 5) is 6.98. The van der Waals surface area contributed by atoms with Crippen molar-refractivity contribution < 1.29 is 4.74 Å². The molecule has 1 aromatic heterocycles. The maximum absolute atomic E-state index is 5.98. The molecule has 0 aliphatic carbocycles. The van der Waals surface area contributed by atoms with E-state index in [2.05, 4.69) is 40.5 Å². The van der Waals surface area contributed by atoms with E-state index in [1.807, 2.05) is 19.4 Å². The van der Waals surface area contributed by atoms with Crippen LogP contribution in [0.3, 0.4) is 0 Å². The topological polar surface area (TPSA) is 42.3 Å². The number of aryl methyl sites for hydroxylation is 1. The molecule has 0 spiro atoms. The highest BCUT2D eigenvalue weighted by Gasteiger charge is 2.31. The van der Waals surface area contributed by atoms with Gasteiger partial charge >= 0.3 is 0 Å². The standard InChI is InChI=1S/C14H26N4O/c1-5-17-7-6-16-14(17)13(15-4)12-10-18(11(2)3)8-9-19-12/h6-7,11-13,15H,5,8-10H2,1-4H3. The highest BCUT2D eigenvalue weighted by molar-refractivity contribution is 5.03. The van der Waals surface area contributed by atoms with Gasteiger partial charge in [0.05, 0.1) is 18.8 Å². The Morgan fingerprint density at radius 2 is 2.32 bits per heavy atom. The van der Waals surface area contributed by atoms with Crippen LogP contribution < -0.4 is 5.32 Å². The van der Waals surface area contributed by atoms with Crippen LogP contribution in [-0.2, 0) is 11.3 Å². The smallest absolute Gasteiger partial charge is 0.128 e. The Bertz CT molecular complexity index is 391. The lowest BCUT2D eigenvalue weighted by atomic mass is 10.1. The third kappa shape index (κ3) is 3.16. The van der Waals surface area contributed by atoms with Crippen molar-refractivity contribution in [2.24, 2.45) is 0 Å². The third-order valence-corrected chi connectivity index (χ3v) is 3.90. The minimum Gasteiger partial charge on any atom is -0.373 e.